The van der Waals surface area contributed by atoms with E-state index in [0.29, 0.717) is 42.1 Å². The maximum absolute atomic E-state index is 15.3. The Morgan fingerprint density at radius 2 is 1.54 bits per heavy atom. The number of benzene rings is 1. The van der Waals surface area contributed by atoms with Gasteiger partial charge >= 0.3 is 11.9 Å². The van der Waals surface area contributed by atoms with Gasteiger partial charge in [-0.3, -0.25) is 24.2 Å². The van der Waals surface area contributed by atoms with Gasteiger partial charge in [-0.25, -0.2) is 0 Å². The molecular formula is C57H85Cl2N3O16S. The molecule has 444 valence electrons. The molecule has 0 saturated carbocycles. The Hall–Kier alpha value is -3.38. The third-order valence-electron chi connectivity index (χ3n) is 17.1. The first-order valence-corrected chi connectivity index (χ1v) is 29.1. The minimum atomic E-state index is -1.49. The van der Waals surface area contributed by atoms with Gasteiger partial charge in [0.2, 0.25) is 0 Å². The second-order valence-electron chi connectivity index (χ2n) is 22.7. The van der Waals surface area contributed by atoms with E-state index in [0.717, 1.165) is 0 Å². The van der Waals surface area contributed by atoms with Crippen molar-refractivity contribution in [2.45, 2.75) is 191 Å². The van der Waals surface area contributed by atoms with Crippen LogP contribution in [0, 0.1) is 29.6 Å². The largest absolute Gasteiger partial charge is 0.493 e. The summed E-state index contributed by atoms with van der Waals surface area (Å²) in [6, 6.07) is 2.92. The standard InChI is InChI=1S/C57H85Cl2N3O16S/c1-17-40-57(10)42(48(53(68)78-57)79-22-18-19-34-35(20-21-39(69-13)47(34)70-14)51(66)61-43-36(58)26-60-27-37(43)59)30(4)44(63)28(2)24-56(9,72-16)50(77-54-45(64)38(62(11)12)23-29(3)73-54)31(5)46(32(6)52(67)75-40)76-41-25-55(8,71-15)49(65)33(7)74-41/h20-21,26-33,38,40-42,45-46,48-50,54,64-65H,17-19,22-25H2,1-16H3,(H,60,61,66)/t28-,29?,30?,31+,32?,33?,38?,40-,41?,42?,45-,46+,48?,49+,50-,54+,55?,56?,57-/m1/s1. The van der Waals surface area contributed by atoms with E-state index < -0.39 is 119 Å². The topological polar surface area (TPSA) is 229 Å². The molecule has 2 aromatic rings. The van der Waals surface area contributed by atoms with Crippen LogP contribution in [0.3, 0.4) is 0 Å². The first-order valence-electron chi connectivity index (χ1n) is 27.3. The zero-order chi connectivity index (χ0) is 58.6. The molecule has 0 spiro atoms. The van der Waals surface area contributed by atoms with Crippen molar-refractivity contribution < 1.29 is 76.8 Å². The molecule has 79 heavy (non-hydrogen) atoms. The number of esters is 2. The number of carbonyl (C=O) groups excluding carboxylic acids is 4. The van der Waals surface area contributed by atoms with E-state index in [9.17, 15) is 19.8 Å². The number of rotatable bonds is 17. The fraction of sp³-hybridized carbons (Fsp3) is 0.737. The highest BCUT2D eigenvalue weighted by Crippen LogP contribution is 2.50. The van der Waals surface area contributed by atoms with E-state index in [1.54, 1.807) is 46.8 Å². The number of methoxy groups -OCH3 is 4. The lowest BCUT2D eigenvalue weighted by Gasteiger charge is -2.50. The van der Waals surface area contributed by atoms with Crippen LogP contribution in [0.25, 0.3) is 0 Å². The zero-order valence-corrected chi connectivity index (χ0v) is 51.0. The van der Waals surface area contributed by atoms with Crippen LogP contribution in [0.4, 0.5) is 5.69 Å². The number of Topliss-reactive ketones (excluding diaryl/α,β-unsaturated/α-hetero) is 1. The van der Waals surface area contributed by atoms with Crippen LogP contribution in [0.5, 0.6) is 11.5 Å². The van der Waals surface area contributed by atoms with Crippen molar-refractivity contribution in [3.8, 4) is 11.5 Å². The number of hydrogen-bond donors (Lipinski definition) is 3. The molecule has 6 rings (SSSR count). The molecule has 0 aliphatic carbocycles. The molecule has 0 radical (unpaired) electrons. The lowest BCUT2D eigenvalue weighted by atomic mass is 9.70. The Kier molecular flexibility index (Phi) is 22.1. The van der Waals surface area contributed by atoms with E-state index >= 15 is 9.59 Å². The molecule has 19 nitrogen and oxygen atoms in total. The van der Waals surface area contributed by atoms with Gasteiger partial charge in [-0.2, -0.15) is 0 Å². The van der Waals surface area contributed by atoms with Gasteiger partial charge in [0.05, 0.1) is 71.5 Å². The van der Waals surface area contributed by atoms with Gasteiger partial charge < -0.3 is 67.8 Å². The summed E-state index contributed by atoms with van der Waals surface area (Å²) in [7, 11) is 9.78. The molecule has 5 heterocycles. The quantitative estimate of drug-likeness (QED) is 0.101. The van der Waals surface area contributed by atoms with Gasteiger partial charge in [0.1, 0.15) is 29.3 Å². The Morgan fingerprint density at radius 1 is 0.886 bits per heavy atom. The number of nitrogens with zero attached hydrogens (tertiary/aromatic N) is 2. The van der Waals surface area contributed by atoms with Crippen LogP contribution in [-0.4, -0.2) is 175 Å². The number of ketones is 1. The van der Waals surface area contributed by atoms with E-state index in [1.807, 2.05) is 53.6 Å². The van der Waals surface area contributed by atoms with Crippen molar-refractivity contribution in [1.82, 2.24) is 9.88 Å². The molecule has 22 heteroatoms. The van der Waals surface area contributed by atoms with Crippen molar-refractivity contribution in [3.63, 3.8) is 0 Å². The SMILES string of the molecule is CC[C@H]1OC(=O)C(C)[C@@H](OC2CC(C)(OC)[C@@H](O)C(C)O2)[C@H](C)[C@@H](O[C@@H]2OC(C)CC(N(C)C)[C@H]2O)C(C)(OC)C[C@@H](C)C(=O)C(C)C2C(SCCCc3c(C(=O)Nc4c(Cl)cncc4Cl)ccc(OC)c3OC)C(=O)O[C@@]21C. The second kappa shape index (κ2) is 26.9. The number of ether oxygens (including phenoxy) is 10. The smallest absolute Gasteiger partial charge is 0.320 e. The fourth-order valence-corrected chi connectivity index (χ4v) is 14.4. The van der Waals surface area contributed by atoms with Gasteiger partial charge in [0, 0.05) is 73.9 Å². The average Bonchev–Trinajstić information content (AvgIpc) is 3.91. The summed E-state index contributed by atoms with van der Waals surface area (Å²) in [6.45, 7) is 18.0. The van der Waals surface area contributed by atoms with Gasteiger partial charge in [-0.05, 0) is 106 Å². The number of aliphatic hydroxyl groups excluding tert-OH is 2. The fourth-order valence-electron chi connectivity index (χ4n) is 12.5. The van der Waals surface area contributed by atoms with Crippen LogP contribution in [-0.2, 0) is 58.7 Å². The minimum Gasteiger partial charge on any atom is -0.493 e. The average molecular weight is 1170 g/mol. The first kappa shape index (κ1) is 64.8. The van der Waals surface area contributed by atoms with Crippen LogP contribution in [0.2, 0.25) is 10.0 Å². The highest BCUT2D eigenvalue weighted by molar-refractivity contribution is 8.00. The number of nitrogens with one attached hydrogen (secondary N) is 1. The van der Waals surface area contributed by atoms with Crippen LogP contribution >= 0.6 is 35.0 Å². The number of anilines is 1. The number of amides is 1. The van der Waals surface area contributed by atoms with Crippen molar-refractivity contribution in [2.24, 2.45) is 29.6 Å². The van der Waals surface area contributed by atoms with Gasteiger partial charge in [0.25, 0.3) is 5.91 Å². The van der Waals surface area contributed by atoms with Gasteiger partial charge in [-0.1, -0.05) is 50.9 Å². The van der Waals surface area contributed by atoms with Crippen LogP contribution < -0.4 is 14.8 Å². The van der Waals surface area contributed by atoms with E-state index in [1.165, 1.54) is 52.6 Å². The third-order valence-corrected chi connectivity index (χ3v) is 19.1. The first-order chi connectivity index (χ1) is 37.1. The lowest BCUT2D eigenvalue weighted by molar-refractivity contribution is -0.319. The number of cyclic esters (lactones) is 1. The Balaban J connectivity index is 1.38. The van der Waals surface area contributed by atoms with Crippen LogP contribution in [0.15, 0.2) is 24.5 Å². The molecule has 19 atom stereocenters. The van der Waals surface area contributed by atoms with E-state index in [2.05, 4.69) is 10.3 Å². The zero-order valence-electron chi connectivity index (χ0n) is 48.7. The summed E-state index contributed by atoms with van der Waals surface area (Å²) in [5.74, 6) is -4.98. The molecule has 4 saturated heterocycles. The monoisotopic (exact) mass is 1170 g/mol. The predicted molar refractivity (Wildman–Crippen MR) is 299 cm³/mol. The summed E-state index contributed by atoms with van der Waals surface area (Å²) in [6.07, 6.45) is -4.00. The summed E-state index contributed by atoms with van der Waals surface area (Å²) in [5, 5.41) is 25.3. The Morgan fingerprint density at radius 3 is 2.14 bits per heavy atom. The molecule has 0 bridgehead atoms. The van der Waals surface area contributed by atoms with Crippen molar-refractivity contribution in [1.29, 1.82) is 0 Å². The third kappa shape index (κ3) is 13.7. The Labute approximate surface area is 480 Å². The maximum atomic E-state index is 15.3. The van der Waals surface area contributed by atoms with Crippen LogP contribution in [0.1, 0.15) is 117 Å². The molecule has 1 amide bonds. The molecule has 4 aliphatic rings. The minimum absolute atomic E-state index is 0.0931. The molecule has 10 unspecified atom stereocenters. The number of pyridine rings is 1. The lowest BCUT2D eigenvalue weighted by Crippen LogP contribution is -2.61. The summed E-state index contributed by atoms with van der Waals surface area (Å²) < 4.78 is 63.4. The number of carbonyl (C=O) groups is 4. The van der Waals surface area contributed by atoms with Gasteiger partial charge in [-0.15, -0.1) is 11.8 Å². The molecule has 4 aliphatic heterocycles. The number of likely N-dealkylation sites (N-methyl/N-ethyl adjacent to an activating group) is 1. The summed E-state index contributed by atoms with van der Waals surface area (Å²) in [4.78, 5) is 64.9. The van der Waals surface area contributed by atoms with Crippen molar-refractivity contribution >= 4 is 64.3 Å². The van der Waals surface area contributed by atoms with E-state index in [-0.39, 0.29) is 58.5 Å². The summed E-state index contributed by atoms with van der Waals surface area (Å²) >= 11 is 14.1. The number of halogens is 2. The highest BCUT2D eigenvalue weighted by Gasteiger charge is 2.62. The maximum Gasteiger partial charge on any atom is 0.320 e. The molecule has 1 aromatic carbocycles. The molecular weight excluding hydrogens is 1090 g/mol. The molecule has 1 aromatic heterocycles. The normalized spacial score (nSPS) is 37.7. The summed E-state index contributed by atoms with van der Waals surface area (Å²) in [5.41, 5.74) is -2.88. The molecule has 4 fully saturated rings. The highest BCUT2D eigenvalue weighted by atomic mass is 35.5. The molecule has 3 N–H and O–H groups in total. The van der Waals surface area contributed by atoms with E-state index in [4.69, 9.17) is 70.6 Å². The van der Waals surface area contributed by atoms with Crippen molar-refractivity contribution in [2.75, 3.05) is 53.6 Å². The second-order valence-corrected chi connectivity index (χ2v) is 24.8. The number of hydrogen-bond acceptors (Lipinski definition) is 19. The number of aromatic nitrogens is 1. The number of thioether (sulfide) groups is 1. The van der Waals surface area contributed by atoms with Gasteiger partial charge in [0.15, 0.2) is 29.7 Å². The number of fused-ring (bicyclic) bond motifs is 1. The predicted octanol–water partition coefficient (Wildman–Crippen LogP) is 7.97. The van der Waals surface area contributed by atoms with Crippen molar-refractivity contribution in [3.05, 3.63) is 45.7 Å². The number of aliphatic hydroxyl groups is 2. The Bertz CT molecular complexity index is 2440.